The molecule has 140 valence electrons. The molecule has 3 aromatic heterocycles. The Kier molecular flexibility index (Phi) is 5.08. The Hall–Kier alpha value is -3.18. The number of rotatable bonds is 3. The minimum atomic E-state index is -0.362. The Morgan fingerprint density at radius 3 is 2.54 bits per heavy atom. The minimum Gasteiger partial charge on any atom is -0.422 e. The lowest BCUT2D eigenvalue weighted by Crippen LogP contribution is -2.02. The van der Waals surface area contributed by atoms with Crippen molar-refractivity contribution in [3.05, 3.63) is 93.9 Å². The summed E-state index contributed by atoms with van der Waals surface area (Å²) < 4.78 is 7.40. The number of para-hydroxylation sites is 1. The van der Waals surface area contributed by atoms with Gasteiger partial charge in [-0.25, -0.2) is 9.78 Å². The monoisotopic (exact) mass is 388 g/mol. The summed E-state index contributed by atoms with van der Waals surface area (Å²) in [6.45, 7) is 4.00. The highest BCUT2D eigenvalue weighted by molar-refractivity contribution is 7.17. The van der Waals surface area contributed by atoms with E-state index in [0.29, 0.717) is 16.8 Å². The van der Waals surface area contributed by atoms with Gasteiger partial charge >= 0.3 is 5.63 Å². The molecule has 3 heterocycles. The van der Waals surface area contributed by atoms with Crippen LogP contribution in [0.2, 0.25) is 0 Å². The van der Waals surface area contributed by atoms with Gasteiger partial charge in [0.15, 0.2) is 4.96 Å². The van der Waals surface area contributed by atoms with Crippen LogP contribution in [0.1, 0.15) is 24.3 Å². The summed E-state index contributed by atoms with van der Waals surface area (Å²) in [6.07, 6.45) is 4.84. The van der Waals surface area contributed by atoms with Gasteiger partial charge in [0.05, 0.1) is 11.3 Å². The van der Waals surface area contributed by atoms with Gasteiger partial charge in [0.1, 0.15) is 5.58 Å². The molecule has 0 radical (unpaired) electrons. The van der Waals surface area contributed by atoms with Crippen LogP contribution in [-0.4, -0.2) is 9.38 Å². The van der Waals surface area contributed by atoms with Crippen LogP contribution < -0.4 is 5.63 Å². The van der Waals surface area contributed by atoms with Crippen molar-refractivity contribution in [2.45, 2.75) is 20.3 Å². The van der Waals surface area contributed by atoms with Crippen LogP contribution in [-0.2, 0) is 6.42 Å². The van der Waals surface area contributed by atoms with Gasteiger partial charge in [-0.05, 0) is 17.7 Å². The molecule has 0 spiro atoms. The fourth-order valence-corrected chi connectivity index (χ4v) is 4.09. The second kappa shape index (κ2) is 7.82. The summed E-state index contributed by atoms with van der Waals surface area (Å²) in [5.74, 6) is 0. The van der Waals surface area contributed by atoms with Crippen LogP contribution in [0.15, 0.2) is 82.3 Å². The molecular weight excluding hydrogens is 368 g/mol. The lowest BCUT2D eigenvalue weighted by Gasteiger charge is -1.99. The Balaban J connectivity index is 0.000000932. The van der Waals surface area contributed by atoms with Crippen molar-refractivity contribution in [3.63, 3.8) is 0 Å². The van der Waals surface area contributed by atoms with Gasteiger partial charge in [0.25, 0.3) is 0 Å². The average Bonchev–Trinajstić information content (AvgIpc) is 3.28. The molecule has 0 aliphatic carbocycles. The van der Waals surface area contributed by atoms with Crippen LogP contribution in [0.3, 0.4) is 0 Å². The molecule has 5 aromatic rings. The Bertz CT molecular complexity index is 1250. The molecule has 2 aromatic carbocycles. The number of hydrogen-bond donors (Lipinski definition) is 0. The molecule has 0 amide bonds. The van der Waals surface area contributed by atoms with Gasteiger partial charge in [-0.1, -0.05) is 62.4 Å². The SMILES string of the molecule is CC.O=c1oc2ccccc2cc1-c1cn2cc(Cc3ccccc3)sc2n1. The van der Waals surface area contributed by atoms with Crippen molar-refractivity contribution in [1.82, 2.24) is 9.38 Å². The van der Waals surface area contributed by atoms with Gasteiger partial charge in [0, 0.05) is 29.1 Å². The molecule has 0 N–H and O–H groups in total. The first-order valence-corrected chi connectivity index (χ1v) is 10.1. The maximum Gasteiger partial charge on any atom is 0.345 e. The van der Waals surface area contributed by atoms with Crippen LogP contribution in [0.5, 0.6) is 0 Å². The van der Waals surface area contributed by atoms with Crippen LogP contribution in [0.4, 0.5) is 0 Å². The molecule has 0 aliphatic heterocycles. The maximum absolute atomic E-state index is 12.3. The number of benzene rings is 2. The van der Waals surface area contributed by atoms with E-state index in [4.69, 9.17) is 4.42 Å². The van der Waals surface area contributed by atoms with E-state index in [1.165, 1.54) is 10.4 Å². The smallest absolute Gasteiger partial charge is 0.345 e. The number of hydrogen-bond acceptors (Lipinski definition) is 4. The molecule has 0 unspecified atom stereocenters. The topological polar surface area (TPSA) is 47.5 Å². The number of thiazole rings is 1. The van der Waals surface area contributed by atoms with Crippen LogP contribution in [0.25, 0.3) is 27.2 Å². The first-order valence-electron chi connectivity index (χ1n) is 9.31. The second-order valence-corrected chi connectivity index (χ2v) is 7.25. The van der Waals surface area contributed by atoms with E-state index >= 15 is 0 Å². The second-order valence-electron chi connectivity index (χ2n) is 6.16. The number of nitrogens with zero attached hydrogens (tertiary/aromatic N) is 2. The van der Waals surface area contributed by atoms with E-state index < -0.39 is 0 Å². The third kappa shape index (κ3) is 3.49. The summed E-state index contributed by atoms with van der Waals surface area (Å²) in [5.41, 5.74) is 2.63. The lowest BCUT2D eigenvalue weighted by molar-refractivity contribution is 0.563. The molecule has 0 aliphatic rings. The van der Waals surface area contributed by atoms with Gasteiger partial charge in [-0.3, -0.25) is 4.40 Å². The van der Waals surface area contributed by atoms with E-state index in [0.717, 1.165) is 16.8 Å². The van der Waals surface area contributed by atoms with Crippen LogP contribution >= 0.6 is 11.3 Å². The summed E-state index contributed by atoms with van der Waals surface area (Å²) >= 11 is 1.64. The third-order valence-electron chi connectivity index (χ3n) is 4.34. The predicted molar refractivity (Wildman–Crippen MR) is 115 cm³/mol. The van der Waals surface area contributed by atoms with Crippen molar-refractivity contribution in [1.29, 1.82) is 0 Å². The highest BCUT2D eigenvalue weighted by Gasteiger charge is 2.13. The van der Waals surface area contributed by atoms with Crippen molar-refractivity contribution in [2.24, 2.45) is 0 Å². The van der Waals surface area contributed by atoms with Crippen molar-refractivity contribution < 1.29 is 4.42 Å². The Morgan fingerprint density at radius 2 is 1.75 bits per heavy atom. The lowest BCUT2D eigenvalue weighted by atomic mass is 10.1. The third-order valence-corrected chi connectivity index (χ3v) is 5.34. The van der Waals surface area contributed by atoms with Crippen LogP contribution in [0, 0.1) is 0 Å². The normalized spacial score (nSPS) is 10.8. The highest BCUT2D eigenvalue weighted by atomic mass is 32.1. The summed E-state index contributed by atoms with van der Waals surface area (Å²) in [6, 6.07) is 19.7. The molecule has 28 heavy (non-hydrogen) atoms. The molecule has 0 atom stereocenters. The number of fused-ring (bicyclic) bond motifs is 2. The van der Waals surface area contributed by atoms with E-state index in [2.05, 4.69) is 23.3 Å². The molecule has 0 bridgehead atoms. The Morgan fingerprint density at radius 1 is 1.00 bits per heavy atom. The zero-order valence-electron chi connectivity index (χ0n) is 15.8. The zero-order chi connectivity index (χ0) is 19.5. The first kappa shape index (κ1) is 18.2. The molecule has 5 heteroatoms. The molecule has 4 nitrogen and oxygen atoms in total. The van der Waals surface area contributed by atoms with E-state index in [1.54, 1.807) is 17.4 Å². The number of aromatic nitrogens is 2. The Labute approximate surface area is 166 Å². The van der Waals surface area contributed by atoms with Gasteiger partial charge in [-0.15, -0.1) is 11.3 Å². The zero-order valence-corrected chi connectivity index (χ0v) is 16.6. The molecule has 5 rings (SSSR count). The standard InChI is InChI=1S/C21H14N2O2S.C2H6/c24-20-17(11-15-8-4-5-9-19(15)25-20)18-13-23-12-16(26-21(23)22-18)10-14-6-2-1-3-7-14;1-2/h1-9,11-13H,10H2;1-2H3. The fraction of sp³-hybridized carbons (Fsp3) is 0.130. The molecule has 0 saturated carbocycles. The summed E-state index contributed by atoms with van der Waals surface area (Å²) in [4.78, 5) is 19.1. The van der Waals surface area contributed by atoms with Gasteiger partial charge < -0.3 is 4.42 Å². The minimum absolute atomic E-state index is 0.362. The summed E-state index contributed by atoms with van der Waals surface area (Å²) in [5, 5.41) is 0.892. The van der Waals surface area contributed by atoms with Crippen molar-refractivity contribution >= 4 is 27.3 Å². The predicted octanol–water partition coefficient (Wildman–Crippen LogP) is 5.79. The molecular formula is C23H20N2O2S. The largest absolute Gasteiger partial charge is 0.422 e. The summed E-state index contributed by atoms with van der Waals surface area (Å²) in [7, 11) is 0. The average molecular weight is 388 g/mol. The molecule has 0 fully saturated rings. The van der Waals surface area contributed by atoms with E-state index in [1.807, 2.05) is 66.9 Å². The van der Waals surface area contributed by atoms with E-state index in [9.17, 15) is 4.79 Å². The first-order chi connectivity index (χ1) is 13.8. The van der Waals surface area contributed by atoms with Gasteiger partial charge in [0.2, 0.25) is 0 Å². The van der Waals surface area contributed by atoms with Crippen molar-refractivity contribution in [3.8, 4) is 11.3 Å². The molecule has 0 saturated heterocycles. The highest BCUT2D eigenvalue weighted by Crippen LogP contribution is 2.25. The fourth-order valence-electron chi connectivity index (χ4n) is 3.09. The van der Waals surface area contributed by atoms with E-state index in [-0.39, 0.29) is 5.63 Å². The van der Waals surface area contributed by atoms with Crippen molar-refractivity contribution in [2.75, 3.05) is 0 Å². The quantitative estimate of drug-likeness (QED) is 0.368. The number of imidazole rings is 1. The van der Waals surface area contributed by atoms with Gasteiger partial charge in [-0.2, -0.15) is 0 Å². The maximum atomic E-state index is 12.3.